The van der Waals surface area contributed by atoms with E-state index in [1.54, 1.807) is 19.1 Å². The van der Waals surface area contributed by atoms with Gasteiger partial charge < -0.3 is 5.32 Å². The summed E-state index contributed by atoms with van der Waals surface area (Å²) < 4.78 is 49.6. The fourth-order valence-electron chi connectivity index (χ4n) is 2.00. The van der Waals surface area contributed by atoms with Gasteiger partial charge in [-0.1, -0.05) is 12.1 Å². The van der Waals surface area contributed by atoms with E-state index in [2.05, 4.69) is 5.32 Å². The molecule has 0 aliphatic carbocycles. The van der Waals surface area contributed by atoms with Crippen molar-refractivity contribution in [3.8, 4) is 0 Å². The van der Waals surface area contributed by atoms with Crippen LogP contribution >= 0.6 is 0 Å². The van der Waals surface area contributed by atoms with Crippen molar-refractivity contribution >= 4 is 15.5 Å². The molecule has 0 saturated carbocycles. The van der Waals surface area contributed by atoms with Crippen LogP contribution in [0.4, 0.5) is 14.5 Å². The molecular formula is C15H15F2NO2S. The average Bonchev–Trinajstić information content (AvgIpc) is 2.37. The number of nitrogens with one attached hydrogen (secondary N) is 1. The number of anilines is 1. The van der Waals surface area contributed by atoms with Crippen LogP contribution in [0.15, 0.2) is 47.4 Å². The fourth-order valence-corrected chi connectivity index (χ4v) is 2.66. The van der Waals surface area contributed by atoms with Crippen molar-refractivity contribution in [2.24, 2.45) is 0 Å². The highest BCUT2D eigenvalue weighted by Gasteiger charge is 2.13. The predicted octanol–water partition coefficient (Wildman–Crippen LogP) is 3.54. The number of sulfone groups is 1. The Morgan fingerprint density at radius 3 is 2.43 bits per heavy atom. The minimum atomic E-state index is -3.30. The molecule has 0 amide bonds. The number of rotatable bonds is 4. The second-order valence-electron chi connectivity index (χ2n) is 4.83. The van der Waals surface area contributed by atoms with E-state index in [0.29, 0.717) is 11.3 Å². The van der Waals surface area contributed by atoms with E-state index in [1.807, 2.05) is 0 Å². The van der Waals surface area contributed by atoms with Crippen LogP contribution < -0.4 is 5.32 Å². The van der Waals surface area contributed by atoms with Crippen molar-refractivity contribution in [3.05, 3.63) is 59.7 Å². The van der Waals surface area contributed by atoms with Crippen molar-refractivity contribution in [1.29, 1.82) is 0 Å². The lowest BCUT2D eigenvalue weighted by molar-refractivity contribution is 0.566. The normalized spacial score (nSPS) is 13.0. The maximum absolute atomic E-state index is 13.7. The minimum Gasteiger partial charge on any atom is -0.378 e. The Morgan fingerprint density at radius 2 is 1.81 bits per heavy atom. The van der Waals surface area contributed by atoms with Gasteiger partial charge in [0.2, 0.25) is 0 Å². The van der Waals surface area contributed by atoms with E-state index >= 15 is 0 Å². The van der Waals surface area contributed by atoms with Gasteiger partial charge in [-0.2, -0.15) is 0 Å². The van der Waals surface area contributed by atoms with E-state index in [0.717, 1.165) is 12.3 Å². The molecular weight excluding hydrogens is 296 g/mol. The zero-order chi connectivity index (χ0) is 15.6. The van der Waals surface area contributed by atoms with Crippen molar-refractivity contribution in [2.75, 3.05) is 11.6 Å². The number of hydrogen-bond acceptors (Lipinski definition) is 3. The number of hydrogen-bond donors (Lipinski definition) is 1. The largest absolute Gasteiger partial charge is 0.378 e. The summed E-state index contributed by atoms with van der Waals surface area (Å²) in [7, 11) is -3.30. The SMILES string of the molecule is CC(Nc1cccc(S(C)(=O)=O)c1)c1ccc(F)cc1F. The van der Waals surface area contributed by atoms with Crippen LogP contribution in [0.25, 0.3) is 0 Å². The number of halogens is 2. The molecule has 6 heteroatoms. The first kappa shape index (κ1) is 15.4. The maximum Gasteiger partial charge on any atom is 0.175 e. The molecule has 0 heterocycles. The zero-order valence-electron chi connectivity index (χ0n) is 11.6. The summed E-state index contributed by atoms with van der Waals surface area (Å²) in [5, 5.41) is 3.00. The van der Waals surface area contributed by atoms with Crippen molar-refractivity contribution < 1.29 is 17.2 Å². The molecule has 0 radical (unpaired) electrons. The summed E-state index contributed by atoms with van der Waals surface area (Å²) in [4.78, 5) is 0.180. The first-order valence-electron chi connectivity index (χ1n) is 6.29. The summed E-state index contributed by atoms with van der Waals surface area (Å²) in [6, 6.07) is 9.20. The van der Waals surface area contributed by atoms with Crippen molar-refractivity contribution in [1.82, 2.24) is 0 Å². The predicted molar refractivity (Wildman–Crippen MR) is 77.9 cm³/mol. The van der Waals surface area contributed by atoms with Crippen molar-refractivity contribution in [2.45, 2.75) is 17.9 Å². The van der Waals surface area contributed by atoms with Crippen LogP contribution in [0.3, 0.4) is 0 Å². The van der Waals surface area contributed by atoms with Gasteiger partial charge in [0.1, 0.15) is 11.6 Å². The van der Waals surface area contributed by atoms with Crippen LogP contribution in [-0.2, 0) is 9.84 Å². The first-order valence-corrected chi connectivity index (χ1v) is 8.18. The standard InChI is InChI=1S/C15H15F2NO2S/c1-10(14-7-6-11(16)8-15(14)17)18-12-4-3-5-13(9-12)21(2,19)20/h3-10,18H,1-2H3. The molecule has 0 aliphatic rings. The third kappa shape index (κ3) is 3.78. The third-order valence-corrected chi connectivity index (χ3v) is 4.18. The van der Waals surface area contributed by atoms with Gasteiger partial charge in [-0.15, -0.1) is 0 Å². The van der Waals surface area contributed by atoms with Gasteiger partial charge in [0.05, 0.1) is 10.9 Å². The highest BCUT2D eigenvalue weighted by molar-refractivity contribution is 7.90. The molecule has 3 nitrogen and oxygen atoms in total. The Labute approximate surface area is 122 Å². The fraction of sp³-hybridized carbons (Fsp3) is 0.200. The maximum atomic E-state index is 13.7. The Morgan fingerprint density at radius 1 is 1.10 bits per heavy atom. The van der Waals surface area contributed by atoms with Crippen LogP contribution in [0.2, 0.25) is 0 Å². The van der Waals surface area contributed by atoms with E-state index in [1.165, 1.54) is 24.3 Å². The van der Waals surface area contributed by atoms with Crippen LogP contribution in [0.1, 0.15) is 18.5 Å². The minimum absolute atomic E-state index is 0.180. The van der Waals surface area contributed by atoms with Crippen molar-refractivity contribution in [3.63, 3.8) is 0 Å². The lowest BCUT2D eigenvalue weighted by Gasteiger charge is -2.17. The smallest absolute Gasteiger partial charge is 0.175 e. The first-order chi connectivity index (χ1) is 9.77. The molecule has 0 aliphatic heterocycles. The molecule has 0 saturated heterocycles. The summed E-state index contributed by atoms with van der Waals surface area (Å²) in [5.41, 5.74) is 0.857. The second-order valence-corrected chi connectivity index (χ2v) is 6.85. The quantitative estimate of drug-likeness (QED) is 0.939. The molecule has 0 bridgehead atoms. The molecule has 2 aromatic carbocycles. The Kier molecular flexibility index (Phi) is 4.27. The van der Waals surface area contributed by atoms with E-state index in [-0.39, 0.29) is 4.90 Å². The second kappa shape index (κ2) is 5.81. The van der Waals surface area contributed by atoms with Gasteiger partial charge in [0, 0.05) is 23.6 Å². The van der Waals surface area contributed by atoms with E-state index < -0.39 is 27.5 Å². The van der Waals surface area contributed by atoms with Gasteiger partial charge in [0.15, 0.2) is 9.84 Å². The molecule has 1 atom stereocenters. The van der Waals surface area contributed by atoms with E-state index in [9.17, 15) is 17.2 Å². The molecule has 112 valence electrons. The molecule has 0 spiro atoms. The van der Waals surface area contributed by atoms with Crippen LogP contribution in [-0.4, -0.2) is 14.7 Å². The van der Waals surface area contributed by atoms with Gasteiger partial charge in [-0.3, -0.25) is 0 Å². The Hall–Kier alpha value is -1.95. The molecule has 1 N–H and O–H groups in total. The van der Waals surface area contributed by atoms with Crippen LogP contribution in [0.5, 0.6) is 0 Å². The molecule has 1 unspecified atom stereocenters. The van der Waals surface area contributed by atoms with Gasteiger partial charge in [0.25, 0.3) is 0 Å². The lowest BCUT2D eigenvalue weighted by atomic mass is 10.1. The highest BCUT2D eigenvalue weighted by atomic mass is 32.2. The van der Waals surface area contributed by atoms with Gasteiger partial charge in [-0.05, 0) is 31.2 Å². The van der Waals surface area contributed by atoms with E-state index in [4.69, 9.17) is 0 Å². The molecule has 2 aromatic rings. The summed E-state index contributed by atoms with van der Waals surface area (Å²) in [5.74, 6) is -1.28. The summed E-state index contributed by atoms with van der Waals surface area (Å²) in [6.07, 6.45) is 1.12. The zero-order valence-corrected chi connectivity index (χ0v) is 12.4. The van der Waals surface area contributed by atoms with Gasteiger partial charge in [-0.25, -0.2) is 17.2 Å². The Bertz CT molecular complexity index is 760. The monoisotopic (exact) mass is 311 g/mol. The molecule has 0 fully saturated rings. The summed E-state index contributed by atoms with van der Waals surface area (Å²) >= 11 is 0. The Balaban J connectivity index is 2.25. The third-order valence-electron chi connectivity index (χ3n) is 3.07. The molecule has 0 aromatic heterocycles. The van der Waals surface area contributed by atoms with Gasteiger partial charge >= 0.3 is 0 Å². The average molecular weight is 311 g/mol. The number of benzene rings is 2. The molecule has 2 rings (SSSR count). The lowest BCUT2D eigenvalue weighted by Crippen LogP contribution is -2.09. The topological polar surface area (TPSA) is 46.2 Å². The molecule has 21 heavy (non-hydrogen) atoms. The highest BCUT2D eigenvalue weighted by Crippen LogP contribution is 2.23. The van der Waals surface area contributed by atoms with Crippen LogP contribution in [0, 0.1) is 11.6 Å². The summed E-state index contributed by atoms with van der Waals surface area (Å²) in [6.45, 7) is 1.71.